The Morgan fingerprint density at radius 1 is 1.26 bits per heavy atom. The van der Waals surface area contributed by atoms with E-state index in [0.29, 0.717) is 9.89 Å². The number of carbonyl (C=O) groups excluding carboxylic acids is 1. The molecule has 0 bridgehead atoms. The van der Waals surface area contributed by atoms with Crippen molar-refractivity contribution in [2.45, 2.75) is 25.7 Å². The number of amides is 1. The number of benzene rings is 1. The van der Waals surface area contributed by atoms with Crippen LogP contribution in [0.15, 0.2) is 16.6 Å². The zero-order valence-corrected chi connectivity index (χ0v) is 12.7. The summed E-state index contributed by atoms with van der Waals surface area (Å²) in [6.45, 7) is 1.47. The zero-order chi connectivity index (χ0) is 13.6. The van der Waals surface area contributed by atoms with Gasteiger partial charge in [0, 0.05) is 17.6 Å². The molecule has 1 aliphatic carbocycles. The van der Waals surface area contributed by atoms with E-state index >= 15 is 0 Å². The van der Waals surface area contributed by atoms with Gasteiger partial charge >= 0.3 is 0 Å². The van der Waals surface area contributed by atoms with Crippen LogP contribution in [0.4, 0.5) is 4.39 Å². The van der Waals surface area contributed by atoms with E-state index in [2.05, 4.69) is 15.9 Å². The number of carbonyl (C=O) groups is 1. The highest BCUT2D eigenvalue weighted by atomic mass is 79.9. The van der Waals surface area contributed by atoms with Crippen LogP contribution in [0.1, 0.15) is 36.0 Å². The molecular formula is C14H14BrClFNO. The molecule has 0 unspecified atom stereocenters. The summed E-state index contributed by atoms with van der Waals surface area (Å²) in [7, 11) is 0. The van der Waals surface area contributed by atoms with E-state index in [1.807, 2.05) is 0 Å². The SMILES string of the molecule is O=C(c1cc(Br)c(Cl)cc1F)N1CCC2(CC1)CC2. The number of halogens is 3. The summed E-state index contributed by atoms with van der Waals surface area (Å²) >= 11 is 9.04. The molecule has 1 saturated heterocycles. The highest BCUT2D eigenvalue weighted by Gasteiger charge is 2.45. The van der Waals surface area contributed by atoms with E-state index in [0.717, 1.165) is 25.9 Å². The largest absolute Gasteiger partial charge is 0.339 e. The van der Waals surface area contributed by atoms with Crippen molar-refractivity contribution in [1.82, 2.24) is 4.90 Å². The first-order valence-corrected chi connectivity index (χ1v) is 7.62. The van der Waals surface area contributed by atoms with Gasteiger partial charge in [0.2, 0.25) is 0 Å². The van der Waals surface area contributed by atoms with Crippen molar-refractivity contribution in [3.8, 4) is 0 Å². The molecule has 0 N–H and O–H groups in total. The molecule has 5 heteroatoms. The first kappa shape index (κ1) is 13.4. The first-order chi connectivity index (χ1) is 9.01. The summed E-state index contributed by atoms with van der Waals surface area (Å²) in [6.07, 6.45) is 4.68. The predicted octanol–water partition coefficient (Wildman–Crippen LogP) is 4.26. The Morgan fingerprint density at radius 2 is 1.89 bits per heavy atom. The maximum Gasteiger partial charge on any atom is 0.256 e. The molecule has 102 valence electrons. The topological polar surface area (TPSA) is 20.3 Å². The van der Waals surface area contributed by atoms with Crippen molar-refractivity contribution in [3.63, 3.8) is 0 Å². The smallest absolute Gasteiger partial charge is 0.256 e. The number of nitrogens with zero attached hydrogens (tertiary/aromatic N) is 1. The van der Waals surface area contributed by atoms with Crippen LogP contribution in [-0.2, 0) is 0 Å². The molecule has 0 aromatic heterocycles. The van der Waals surface area contributed by atoms with Crippen molar-refractivity contribution < 1.29 is 9.18 Å². The molecule has 1 saturated carbocycles. The fourth-order valence-electron chi connectivity index (χ4n) is 2.72. The Morgan fingerprint density at radius 3 is 2.47 bits per heavy atom. The normalized spacial score (nSPS) is 20.7. The molecule has 2 fully saturated rings. The lowest BCUT2D eigenvalue weighted by Gasteiger charge is -2.32. The van der Waals surface area contributed by atoms with Gasteiger partial charge in [-0.25, -0.2) is 4.39 Å². The number of piperidine rings is 1. The van der Waals surface area contributed by atoms with Gasteiger partial charge < -0.3 is 4.90 Å². The maximum atomic E-state index is 13.8. The molecule has 1 aromatic rings. The standard InChI is InChI=1S/C14H14BrClFNO/c15-10-7-9(12(17)8-11(10)16)13(19)18-5-3-14(1-2-14)4-6-18/h7-8H,1-6H2. The van der Waals surface area contributed by atoms with E-state index in [-0.39, 0.29) is 16.5 Å². The highest BCUT2D eigenvalue weighted by molar-refractivity contribution is 9.10. The first-order valence-electron chi connectivity index (χ1n) is 6.45. The van der Waals surface area contributed by atoms with Crippen LogP contribution in [0.5, 0.6) is 0 Å². The van der Waals surface area contributed by atoms with Crippen LogP contribution < -0.4 is 0 Å². The average molecular weight is 347 g/mol. The Labute approximate surface area is 125 Å². The van der Waals surface area contributed by atoms with Gasteiger partial charge in [-0.05, 0) is 59.2 Å². The third-order valence-corrected chi connectivity index (χ3v) is 5.51. The van der Waals surface area contributed by atoms with Crippen molar-refractivity contribution in [2.24, 2.45) is 5.41 Å². The Balaban J connectivity index is 1.78. The summed E-state index contributed by atoms with van der Waals surface area (Å²) in [6, 6.07) is 2.66. The molecule has 1 heterocycles. The van der Waals surface area contributed by atoms with Gasteiger partial charge in [-0.3, -0.25) is 4.79 Å². The van der Waals surface area contributed by atoms with Crippen molar-refractivity contribution in [3.05, 3.63) is 33.0 Å². The summed E-state index contributed by atoms with van der Waals surface area (Å²) in [5, 5.41) is 0.282. The minimum atomic E-state index is -0.551. The zero-order valence-electron chi connectivity index (χ0n) is 10.4. The molecule has 1 spiro atoms. The second-order valence-electron chi connectivity index (χ2n) is 5.54. The minimum Gasteiger partial charge on any atom is -0.339 e. The second-order valence-corrected chi connectivity index (χ2v) is 6.80. The fraction of sp³-hybridized carbons (Fsp3) is 0.500. The van der Waals surface area contributed by atoms with Crippen molar-refractivity contribution >= 4 is 33.4 Å². The molecule has 2 aliphatic rings. The summed E-state index contributed by atoms with van der Waals surface area (Å²) in [4.78, 5) is 14.1. The second kappa shape index (κ2) is 4.74. The van der Waals surface area contributed by atoms with Crippen molar-refractivity contribution in [1.29, 1.82) is 0 Å². The van der Waals surface area contributed by atoms with Crippen LogP contribution in [0, 0.1) is 11.2 Å². The fourth-order valence-corrected chi connectivity index (χ4v) is 3.21. The summed E-state index contributed by atoms with van der Waals surface area (Å²) in [5.41, 5.74) is 0.610. The molecule has 1 aliphatic heterocycles. The number of hydrogen-bond donors (Lipinski definition) is 0. The summed E-state index contributed by atoms with van der Waals surface area (Å²) < 4.78 is 14.4. The van der Waals surface area contributed by atoms with Crippen LogP contribution >= 0.6 is 27.5 Å². The monoisotopic (exact) mass is 345 g/mol. The van der Waals surface area contributed by atoms with Crippen LogP contribution in [0.2, 0.25) is 5.02 Å². The molecule has 1 aromatic carbocycles. The van der Waals surface area contributed by atoms with Gasteiger partial charge in [0.1, 0.15) is 5.82 Å². The van der Waals surface area contributed by atoms with E-state index in [1.54, 1.807) is 4.90 Å². The Hall–Kier alpha value is -0.610. The lowest BCUT2D eigenvalue weighted by Crippen LogP contribution is -2.39. The van der Waals surface area contributed by atoms with E-state index in [4.69, 9.17) is 11.6 Å². The Bertz CT molecular complexity index is 534. The average Bonchev–Trinajstić information content (AvgIpc) is 3.14. The van der Waals surface area contributed by atoms with Crippen LogP contribution in [0.3, 0.4) is 0 Å². The van der Waals surface area contributed by atoms with Gasteiger partial charge in [-0.1, -0.05) is 11.6 Å². The van der Waals surface area contributed by atoms with Crippen LogP contribution in [-0.4, -0.2) is 23.9 Å². The van der Waals surface area contributed by atoms with E-state index in [9.17, 15) is 9.18 Å². The number of likely N-dealkylation sites (tertiary alicyclic amines) is 1. The van der Waals surface area contributed by atoms with Crippen molar-refractivity contribution in [2.75, 3.05) is 13.1 Å². The van der Waals surface area contributed by atoms with Gasteiger partial charge in [-0.15, -0.1) is 0 Å². The minimum absolute atomic E-state index is 0.100. The summed E-state index contributed by atoms with van der Waals surface area (Å²) in [5.74, 6) is -0.782. The molecule has 19 heavy (non-hydrogen) atoms. The lowest BCUT2D eigenvalue weighted by molar-refractivity contribution is 0.0674. The highest BCUT2D eigenvalue weighted by Crippen LogP contribution is 2.53. The molecule has 3 rings (SSSR count). The molecule has 0 atom stereocenters. The molecule has 1 amide bonds. The van der Waals surface area contributed by atoms with Crippen LogP contribution in [0.25, 0.3) is 0 Å². The lowest BCUT2D eigenvalue weighted by atomic mass is 9.93. The molecule has 2 nitrogen and oxygen atoms in total. The quantitative estimate of drug-likeness (QED) is 0.696. The van der Waals surface area contributed by atoms with Gasteiger partial charge in [-0.2, -0.15) is 0 Å². The van der Waals surface area contributed by atoms with E-state index < -0.39 is 5.82 Å². The Kier molecular flexibility index (Phi) is 3.34. The van der Waals surface area contributed by atoms with Gasteiger partial charge in [0.05, 0.1) is 10.6 Å². The number of hydrogen-bond acceptors (Lipinski definition) is 1. The predicted molar refractivity (Wildman–Crippen MR) is 75.9 cm³/mol. The molecular weight excluding hydrogens is 333 g/mol. The van der Waals surface area contributed by atoms with Gasteiger partial charge in [0.25, 0.3) is 5.91 Å². The third kappa shape index (κ3) is 2.52. The molecule has 0 radical (unpaired) electrons. The van der Waals surface area contributed by atoms with E-state index in [1.165, 1.54) is 25.0 Å². The maximum absolute atomic E-state index is 13.8. The van der Waals surface area contributed by atoms with Gasteiger partial charge in [0.15, 0.2) is 0 Å². The number of rotatable bonds is 1. The third-order valence-electron chi connectivity index (χ3n) is 4.31.